The molecule has 0 aromatic carbocycles. The molecule has 8 atom stereocenters. The number of carbonyl (C=O) groups excluding carboxylic acids is 2. The Morgan fingerprint density at radius 1 is 0.694 bits per heavy atom. The van der Waals surface area contributed by atoms with E-state index in [0.717, 1.165) is 0 Å². The summed E-state index contributed by atoms with van der Waals surface area (Å²) >= 11 is 0. The maximum absolute atomic E-state index is 14.3. The zero-order valence-electron chi connectivity index (χ0n) is 21.2. The predicted octanol–water partition coefficient (Wildman–Crippen LogP) is 3.25. The molecule has 5 aliphatic rings. The number of allylic oxidation sites excluding steroid dienone is 8. The van der Waals surface area contributed by atoms with Crippen LogP contribution in [0.3, 0.4) is 0 Å². The van der Waals surface area contributed by atoms with Crippen molar-refractivity contribution >= 4 is 11.6 Å². The lowest BCUT2D eigenvalue weighted by molar-refractivity contribution is -0.450. The number of aliphatic hydroxyl groups excluding tert-OH is 2. The molecule has 5 rings (SSSR count). The lowest BCUT2D eigenvalue weighted by Crippen LogP contribution is -2.74. The van der Waals surface area contributed by atoms with Gasteiger partial charge in [0.25, 0.3) is 0 Å². The Hall–Kier alpha value is -2.78. The summed E-state index contributed by atoms with van der Waals surface area (Å²) < 4.78 is 12.5. The molecule has 2 saturated heterocycles. The van der Waals surface area contributed by atoms with E-state index in [0.29, 0.717) is 0 Å². The highest BCUT2D eigenvalue weighted by Gasteiger charge is 2.99. The van der Waals surface area contributed by atoms with Crippen LogP contribution < -0.4 is 0 Å². The second-order valence-electron chi connectivity index (χ2n) is 11.0. The molecule has 3 aliphatic carbocycles. The Morgan fingerprint density at radius 2 is 1.03 bits per heavy atom. The highest BCUT2D eigenvalue weighted by molar-refractivity contribution is 6.13. The van der Waals surface area contributed by atoms with Crippen molar-refractivity contribution in [3.8, 4) is 0 Å². The van der Waals surface area contributed by atoms with Crippen molar-refractivity contribution in [1.29, 1.82) is 0 Å². The van der Waals surface area contributed by atoms with Gasteiger partial charge in [-0.15, -0.1) is 0 Å². The SMILES string of the molecule is C/C=C/C=C/C(O)=C1C(=O)[C@]2(C)C3C(=C(O)/C=C/C=C/C)C(=O)C4(C)C1[C@]1(C)O[C@@]4(O)[C@@]3(C)O[C@@]12O. The van der Waals surface area contributed by atoms with E-state index in [4.69, 9.17) is 9.47 Å². The Labute approximate surface area is 209 Å². The lowest BCUT2D eigenvalue weighted by atomic mass is 9.39. The van der Waals surface area contributed by atoms with Gasteiger partial charge in [0, 0.05) is 23.0 Å². The van der Waals surface area contributed by atoms with Gasteiger partial charge >= 0.3 is 0 Å². The number of rotatable bonds is 4. The van der Waals surface area contributed by atoms with Crippen LogP contribution in [0.25, 0.3) is 0 Å². The van der Waals surface area contributed by atoms with Crippen LogP contribution in [0.15, 0.2) is 71.3 Å². The average Bonchev–Trinajstić information content (AvgIpc) is 3.12. The molecule has 0 radical (unpaired) electrons. The minimum Gasteiger partial charge on any atom is -0.508 e. The molecule has 3 saturated carbocycles. The van der Waals surface area contributed by atoms with Crippen molar-refractivity contribution in [3.05, 3.63) is 71.3 Å². The fourth-order valence-electron chi connectivity index (χ4n) is 7.94. The summed E-state index contributed by atoms with van der Waals surface area (Å²) in [4.78, 5) is 28.7. The number of carbonyl (C=O) groups is 2. The van der Waals surface area contributed by atoms with Gasteiger partial charge < -0.3 is 29.9 Å². The lowest BCUT2D eigenvalue weighted by Gasteiger charge is -2.58. The fraction of sp³-hybridized carbons (Fsp3) is 0.500. The number of hydrogen-bond donors (Lipinski definition) is 4. The number of aliphatic hydroxyl groups is 4. The number of ketones is 2. The summed E-state index contributed by atoms with van der Waals surface area (Å²) in [5, 5.41) is 46.6. The van der Waals surface area contributed by atoms with E-state index in [-0.39, 0.29) is 22.7 Å². The summed E-state index contributed by atoms with van der Waals surface area (Å²) in [5.41, 5.74) is -7.52. The van der Waals surface area contributed by atoms with Gasteiger partial charge in [-0.3, -0.25) is 9.59 Å². The molecule has 0 aromatic rings. The molecule has 2 aliphatic heterocycles. The third-order valence-electron chi connectivity index (χ3n) is 9.41. The van der Waals surface area contributed by atoms with Crippen molar-refractivity contribution in [2.75, 3.05) is 0 Å². The van der Waals surface area contributed by atoms with Crippen LogP contribution in [0.2, 0.25) is 0 Å². The van der Waals surface area contributed by atoms with Gasteiger partial charge in [0.15, 0.2) is 11.6 Å². The zero-order chi connectivity index (χ0) is 26.7. The highest BCUT2D eigenvalue weighted by atomic mass is 16.8. The third-order valence-corrected chi connectivity index (χ3v) is 9.41. The molecule has 2 heterocycles. The molecule has 0 amide bonds. The van der Waals surface area contributed by atoms with E-state index < -0.39 is 57.0 Å². The van der Waals surface area contributed by atoms with E-state index in [1.54, 1.807) is 50.3 Å². The maximum atomic E-state index is 14.3. The molecule has 0 aromatic heterocycles. The topological polar surface area (TPSA) is 134 Å². The summed E-state index contributed by atoms with van der Waals surface area (Å²) in [6, 6.07) is 0. The quantitative estimate of drug-likeness (QED) is 0.265. The molecule has 4 N–H and O–H groups in total. The minimum absolute atomic E-state index is 0.113. The van der Waals surface area contributed by atoms with Crippen LogP contribution in [0.4, 0.5) is 0 Å². The largest absolute Gasteiger partial charge is 0.508 e. The summed E-state index contributed by atoms with van der Waals surface area (Å²) in [5.74, 6) is -9.12. The van der Waals surface area contributed by atoms with Crippen molar-refractivity contribution in [1.82, 2.24) is 0 Å². The van der Waals surface area contributed by atoms with Crippen molar-refractivity contribution in [3.63, 3.8) is 0 Å². The van der Waals surface area contributed by atoms with Crippen LogP contribution in [0.5, 0.6) is 0 Å². The Bertz CT molecular complexity index is 1190. The predicted molar refractivity (Wildman–Crippen MR) is 129 cm³/mol. The van der Waals surface area contributed by atoms with Gasteiger partial charge in [0.2, 0.25) is 11.6 Å². The minimum atomic E-state index is -2.26. The molecule has 5 fully saturated rings. The molecule has 36 heavy (non-hydrogen) atoms. The zero-order valence-corrected chi connectivity index (χ0v) is 21.2. The van der Waals surface area contributed by atoms with Gasteiger partial charge in [0.05, 0.1) is 10.8 Å². The molecule has 192 valence electrons. The molecule has 0 spiro atoms. The Kier molecular flexibility index (Phi) is 4.81. The third kappa shape index (κ3) is 2.15. The van der Waals surface area contributed by atoms with Gasteiger partial charge in [-0.25, -0.2) is 0 Å². The molecular formula is C28H32O8. The second-order valence-corrected chi connectivity index (χ2v) is 11.0. The first-order chi connectivity index (χ1) is 16.7. The van der Waals surface area contributed by atoms with Crippen LogP contribution in [-0.4, -0.2) is 54.8 Å². The molecule has 8 nitrogen and oxygen atoms in total. The molecular weight excluding hydrogens is 464 g/mol. The van der Waals surface area contributed by atoms with Gasteiger partial charge in [-0.1, -0.05) is 36.5 Å². The average molecular weight is 497 g/mol. The van der Waals surface area contributed by atoms with E-state index in [1.165, 1.54) is 39.8 Å². The number of ether oxygens (including phenoxy) is 2. The van der Waals surface area contributed by atoms with E-state index >= 15 is 0 Å². The van der Waals surface area contributed by atoms with Gasteiger partial charge in [-0.05, 0) is 53.7 Å². The summed E-state index contributed by atoms with van der Waals surface area (Å²) in [6.07, 6.45) is 12.6. The van der Waals surface area contributed by atoms with Crippen LogP contribution in [0.1, 0.15) is 41.5 Å². The van der Waals surface area contributed by atoms with E-state index in [1.807, 2.05) is 0 Å². The monoisotopic (exact) mass is 496 g/mol. The van der Waals surface area contributed by atoms with E-state index in [2.05, 4.69) is 0 Å². The normalized spacial score (nSPS) is 51.8. The van der Waals surface area contributed by atoms with Crippen molar-refractivity contribution in [2.24, 2.45) is 22.7 Å². The van der Waals surface area contributed by atoms with Crippen molar-refractivity contribution in [2.45, 2.75) is 64.3 Å². The second kappa shape index (κ2) is 6.95. The fourth-order valence-corrected chi connectivity index (χ4v) is 7.94. The molecule has 8 heteroatoms. The maximum Gasteiger partial charge on any atom is 0.210 e. The highest BCUT2D eigenvalue weighted by Crippen LogP contribution is 2.83. The first kappa shape index (κ1) is 24.9. The summed E-state index contributed by atoms with van der Waals surface area (Å²) in [7, 11) is 0. The van der Waals surface area contributed by atoms with Crippen LogP contribution in [0, 0.1) is 22.7 Å². The van der Waals surface area contributed by atoms with Gasteiger partial charge in [0.1, 0.15) is 22.7 Å². The Morgan fingerprint density at radius 3 is 1.33 bits per heavy atom. The first-order valence-corrected chi connectivity index (χ1v) is 12.1. The smallest absolute Gasteiger partial charge is 0.210 e. The summed E-state index contributed by atoms with van der Waals surface area (Å²) in [6.45, 7) is 9.48. The molecule has 8 bridgehead atoms. The number of hydrogen-bond acceptors (Lipinski definition) is 8. The molecule has 3 unspecified atom stereocenters. The van der Waals surface area contributed by atoms with E-state index in [9.17, 15) is 30.0 Å². The van der Waals surface area contributed by atoms with Crippen LogP contribution >= 0.6 is 0 Å². The standard InChI is InChI=1S/C28H32O8/c1-7-9-11-13-15(29)17-19-23(3)22(32)18(16(30)14-12-10-8-2)20-24(4,21(17)31)28(34)25(19,5)35-27(23,33)26(20,6)36-28/h7-14,19-20,29-30,33-34H,1-6H3/b9-7+,10-8+,13-11+,14-12+,17-15?,18-16?/t19?,20?,23-,24?,25-,26-,27+,28+/m0/s1. The van der Waals surface area contributed by atoms with Crippen LogP contribution in [-0.2, 0) is 19.1 Å². The first-order valence-electron chi connectivity index (χ1n) is 12.1. The van der Waals surface area contributed by atoms with Gasteiger partial charge in [-0.2, -0.15) is 0 Å². The van der Waals surface area contributed by atoms with Crippen molar-refractivity contribution < 1.29 is 39.5 Å². The number of Topliss-reactive ketones (excluding diaryl/α,β-unsaturated/α-hetero) is 2. The Balaban J connectivity index is 1.93.